The van der Waals surface area contributed by atoms with Gasteiger partial charge < -0.3 is 10.2 Å². The van der Waals surface area contributed by atoms with Crippen molar-refractivity contribution in [1.82, 2.24) is 10.2 Å². The highest BCUT2D eigenvalue weighted by molar-refractivity contribution is 7.91. The Morgan fingerprint density at radius 3 is 2.42 bits per heavy atom. The van der Waals surface area contributed by atoms with E-state index in [4.69, 9.17) is 0 Å². The van der Waals surface area contributed by atoms with Gasteiger partial charge >= 0.3 is 6.03 Å². The predicted molar refractivity (Wildman–Crippen MR) is 95.6 cm³/mol. The molecule has 2 heterocycles. The Morgan fingerprint density at radius 2 is 1.83 bits per heavy atom. The van der Waals surface area contributed by atoms with Crippen molar-refractivity contribution < 1.29 is 13.2 Å². The molecule has 1 aliphatic carbocycles. The number of nitrogens with zero attached hydrogens (tertiary/aromatic N) is 1. The Balaban J connectivity index is 1.44. The van der Waals surface area contributed by atoms with Crippen molar-refractivity contribution in [3.05, 3.63) is 0 Å². The summed E-state index contributed by atoms with van der Waals surface area (Å²) in [5, 5.41) is 3.08. The molecule has 3 aliphatic rings. The second kappa shape index (κ2) is 6.85. The van der Waals surface area contributed by atoms with Crippen LogP contribution in [0.25, 0.3) is 0 Å². The first kappa shape index (κ1) is 18.0. The molecule has 1 spiro atoms. The summed E-state index contributed by atoms with van der Waals surface area (Å²) in [4.78, 5) is 14.6. The summed E-state index contributed by atoms with van der Waals surface area (Å²) in [6, 6.07) is 0.467. The van der Waals surface area contributed by atoms with Crippen LogP contribution in [-0.4, -0.2) is 50.0 Å². The third-order valence-electron chi connectivity index (χ3n) is 6.44. The maximum absolute atomic E-state index is 12.5. The van der Waals surface area contributed by atoms with E-state index in [2.05, 4.69) is 19.2 Å². The number of nitrogens with one attached hydrogen (secondary N) is 1. The smallest absolute Gasteiger partial charge is 0.317 e. The predicted octanol–water partition coefficient (Wildman–Crippen LogP) is 2.81. The average Bonchev–Trinajstić information content (AvgIpc) is 2.97. The Morgan fingerprint density at radius 1 is 1.21 bits per heavy atom. The van der Waals surface area contributed by atoms with Crippen molar-refractivity contribution in [1.29, 1.82) is 0 Å². The number of sulfone groups is 1. The number of amides is 2. The molecule has 3 rings (SSSR count). The van der Waals surface area contributed by atoms with Gasteiger partial charge in [0, 0.05) is 24.5 Å². The van der Waals surface area contributed by atoms with Crippen molar-refractivity contribution in [2.75, 3.05) is 24.6 Å². The molecule has 0 aromatic heterocycles. The van der Waals surface area contributed by atoms with Crippen LogP contribution < -0.4 is 5.32 Å². The van der Waals surface area contributed by atoms with Crippen molar-refractivity contribution >= 4 is 15.9 Å². The van der Waals surface area contributed by atoms with Gasteiger partial charge in [-0.25, -0.2) is 13.2 Å². The number of likely N-dealkylation sites (tertiary alicyclic amines) is 1. The van der Waals surface area contributed by atoms with Crippen molar-refractivity contribution in [3.8, 4) is 0 Å². The molecule has 0 aromatic carbocycles. The first-order chi connectivity index (χ1) is 11.3. The molecule has 2 saturated heterocycles. The topological polar surface area (TPSA) is 66.5 Å². The van der Waals surface area contributed by atoms with Gasteiger partial charge in [0.2, 0.25) is 0 Å². The molecule has 6 heteroatoms. The van der Waals surface area contributed by atoms with E-state index >= 15 is 0 Å². The first-order valence-corrected chi connectivity index (χ1v) is 11.4. The van der Waals surface area contributed by atoms with Gasteiger partial charge in [-0.2, -0.15) is 0 Å². The second-order valence-corrected chi connectivity index (χ2v) is 10.8. The molecule has 2 amide bonds. The highest BCUT2D eigenvalue weighted by Gasteiger charge is 2.56. The summed E-state index contributed by atoms with van der Waals surface area (Å²) < 4.78 is 22.9. The summed E-state index contributed by atoms with van der Waals surface area (Å²) >= 11 is 0. The molecule has 138 valence electrons. The van der Waals surface area contributed by atoms with Gasteiger partial charge in [-0.3, -0.25) is 0 Å². The van der Waals surface area contributed by atoms with Gasteiger partial charge in [-0.15, -0.1) is 0 Å². The summed E-state index contributed by atoms with van der Waals surface area (Å²) in [6.07, 6.45) is 7.56. The highest BCUT2D eigenvalue weighted by atomic mass is 32.2. The van der Waals surface area contributed by atoms with E-state index in [0.29, 0.717) is 41.3 Å². The molecule has 24 heavy (non-hydrogen) atoms. The second-order valence-electron chi connectivity index (χ2n) is 8.50. The summed E-state index contributed by atoms with van der Waals surface area (Å²) in [5.41, 5.74) is 0.392. The van der Waals surface area contributed by atoms with Crippen molar-refractivity contribution in [2.24, 2.45) is 17.3 Å². The zero-order valence-corrected chi connectivity index (χ0v) is 15.9. The van der Waals surface area contributed by atoms with Gasteiger partial charge in [-0.1, -0.05) is 26.7 Å². The highest BCUT2D eigenvalue weighted by Crippen LogP contribution is 2.52. The zero-order chi connectivity index (χ0) is 17.4. The van der Waals surface area contributed by atoms with Crippen LogP contribution >= 0.6 is 0 Å². The fraction of sp³-hybridized carbons (Fsp3) is 0.944. The summed E-state index contributed by atoms with van der Waals surface area (Å²) in [7, 11) is -2.79. The van der Waals surface area contributed by atoms with Crippen molar-refractivity contribution in [2.45, 2.75) is 64.8 Å². The van der Waals surface area contributed by atoms with Gasteiger partial charge in [0.25, 0.3) is 0 Å². The normalized spacial score (nSPS) is 29.0. The molecule has 1 N–H and O–H groups in total. The van der Waals surface area contributed by atoms with E-state index in [9.17, 15) is 13.2 Å². The zero-order valence-electron chi connectivity index (χ0n) is 15.1. The van der Waals surface area contributed by atoms with Crippen LogP contribution in [0.4, 0.5) is 4.79 Å². The molecule has 1 unspecified atom stereocenters. The number of carbonyl (C=O) groups excluding carboxylic acids is 1. The van der Waals surface area contributed by atoms with Crippen LogP contribution in [-0.2, 0) is 9.84 Å². The third kappa shape index (κ3) is 3.58. The largest absolute Gasteiger partial charge is 0.338 e. The fourth-order valence-electron chi connectivity index (χ4n) is 5.26. The van der Waals surface area contributed by atoms with Crippen LogP contribution in [0.2, 0.25) is 0 Å². The molecule has 1 saturated carbocycles. The number of carbonyl (C=O) groups is 1. The summed E-state index contributed by atoms with van der Waals surface area (Å²) in [5.74, 6) is 1.57. The van der Waals surface area contributed by atoms with Crippen LogP contribution in [0.3, 0.4) is 0 Å². The monoisotopic (exact) mass is 356 g/mol. The first-order valence-electron chi connectivity index (χ1n) is 9.58. The van der Waals surface area contributed by atoms with Gasteiger partial charge in [-0.05, 0) is 43.9 Å². The SMILES string of the molecule is CC(C)C1N(C(=O)NCCC2CCS(=O)(=O)CC2)CC12CCCC2. The van der Waals surface area contributed by atoms with E-state index in [1.807, 2.05) is 4.90 Å². The molecule has 0 aromatic rings. The lowest BCUT2D eigenvalue weighted by molar-refractivity contribution is -0.0615. The van der Waals surface area contributed by atoms with E-state index in [-0.39, 0.29) is 6.03 Å². The third-order valence-corrected chi connectivity index (χ3v) is 8.16. The van der Waals surface area contributed by atoms with Gasteiger partial charge in [0.15, 0.2) is 0 Å². The van der Waals surface area contributed by atoms with E-state index in [1.54, 1.807) is 0 Å². The van der Waals surface area contributed by atoms with Crippen LogP contribution in [0, 0.1) is 17.3 Å². The van der Waals surface area contributed by atoms with E-state index in [1.165, 1.54) is 25.7 Å². The Bertz CT molecular complexity index is 553. The number of rotatable bonds is 4. The molecule has 0 radical (unpaired) electrons. The molecule has 0 bridgehead atoms. The quantitative estimate of drug-likeness (QED) is 0.842. The fourth-order valence-corrected chi connectivity index (χ4v) is 6.85. The Kier molecular flexibility index (Phi) is 5.14. The minimum atomic E-state index is -2.79. The maximum Gasteiger partial charge on any atom is 0.317 e. The van der Waals surface area contributed by atoms with Gasteiger partial charge in [0.1, 0.15) is 9.84 Å². The molecular formula is C18H32N2O3S. The number of hydrogen-bond acceptors (Lipinski definition) is 3. The standard InChI is InChI=1S/C18H32N2O3S/c1-14(2)16-18(8-3-4-9-18)13-20(16)17(21)19-10-5-15-6-11-24(22,23)12-7-15/h14-16H,3-13H2,1-2H3,(H,19,21). The van der Waals surface area contributed by atoms with Crippen LogP contribution in [0.5, 0.6) is 0 Å². The molecule has 1 atom stereocenters. The molecular weight excluding hydrogens is 324 g/mol. The van der Waals surface area contributed by atoms with Gasteiger partial charge in [0.05, 0.1) is 11.5 Å². The number of urea groups is 1. The molecule has 2 aliphatic heterocycles. The van der Waals surface area contributed by atoms with Crippen LogP contribution in [0.15, 0.2) is 0 Å². The average molecular weight is 357 g/mol. The lowest BCUT2D eigenvalue weighted by Crippen LogP contribution is -2.69. The Labute approximate surface area is 146 Å². The minimum absolute atomic E-state index is 0.0784. The van der Waals surface area contributed by atoms with E-state index < -0.39 is 9.84 Å². The summed E-state index contributed by atoms with van der Waals surface area (Å²) in [6.45, 7) is 6.04. The van der Waals surface area contributed by atoms with Crippen molar-refractivity contribution in [3.63, 3.8) is 0 Å². The number of hydrogen-bond donors (Lipinski definition) is 1. The maximum atomic E-state index is 12.5. The minimum Gasteiger partial charge on any atom is -0.338 e. The molecule has 5 nitrogen and oxygen atoms in total. The van der Waals surface area contributed by atoms with Crippen LogP contribution in [0.1, 0.15) is 58.8 Å². The molecule has 3 fully saturated rings. The van der Waals surface area contributed by atoms with E-state index in [0.717, 1.165) is 25.8 Å². The Hall–Kier alpha value is -0.780. The lowest BCUT2D eigenvalue weighted by Gasteiger charge is -2.58. The lowest BCUT2D eigenvalue weighted by atomic mass is 9.66.